The molecule has 1 saturated heterocycles. The fourth-order valence-electron chi connectivity index (χ4n) is 1.43. The lowest BCUT2D eigenvalue weighted by atomic mass is 10.4. The molecule has 0 atom stereocenters. The van der Waals surface area contributed by atoms with Gasteiger partial charge in [-0.25, -0.2) is 0 Å². The van der Waals surface area contributed by atoms with E-state index < -0.39 is 0 Å². The Morgan fingerprint density at radius 3 is 2.80 bits per heavy atom. The van der Waals surface area contributed by atoms with Crippen LogP contribution < -0.4 is 4.90 Å². The summed E-state index contributed by atoms with van der Waals surface area (Å²) in [4.78, 5) is 16.1. The molecule has 0 radical (unpaired) electrons. The van der Waals surface area contributed by atoms with E-state index in [9.17, 15) is 4.79 Å². The molecule has 0 aliphatic carbocycles. The van der Waals surface area contributed by atoms with Gasteiger partial charge in [-0.15, -0.1) is 0 Å². The third-order valence-corrected chi connectivity index (χ3v) is 2.13. The van der Waals surface area contributed by atoms with E-state index in [0.717, 1.165) is 0 Å². The molecule has 0 aromatic carbocycles. The number of hydrogen-bond donors (Lipinski definition) is 0. The minimum Gasteiger partial charge on any atom is -0.416 e. The number of nitrogens with zero attached hydrogens (tertiary/aromatic N) is 3. The zero-order valence-electron chi connectivity index (χ0n) is 7.97. The second-order valence-electron chi connectivity index (χ2n) is 3.03. The number of carbonyl (C=O) groups excluding carboxylic acids is 1. The van der Waals surface area contributed by atoms with E-state index in [1.54, 1.807) is 0 Å². The molecule has 0 bridgehead atoms. The van der Waals surface area contributed by atoms with Crippen LogP contribution in [0.3, 0.4) is 0 Å². The molecule has 6 heteroatoms. The van der Waals surface area contributed by atoms with Gasteiger partial charge in [0.2, 0.25) is 17.9 Å². The summed E-state index contributed by atoms with van der Waals surface area (Å²) < 4.78 is 10.3. The normalized spacial score (nSPS) is 16.1. The van der Waals surface area contributed by atoms with Gasteiger partial charge in [0, 0.05) is 13.1 Å². The zero-order chi connectivity index (χ0) is 10.7. The molecule has 1 aliphatic rings. The Kier molecular flexibility index (Phi) is 2.65. The number of nitriles is 1. The molecule has 0 amide bonds. The van der Waals surface area contributed by atoms with Crippen LogP contribution in [0.1, 0.15) is 16.4 Å². The fraction of sp³-hybridized carbons (Fsp3) is 0.444. The van der Waals surface area contributed by atoms with Crippen LogP contribution in [0.25, 0.3) is 0 Å². The highest BCUT2D eigenvalue weighted by atomic mass is 16.5. The number of oxazole rings is 1. The van der Waals surface area contributed by atoms with E-state index in [4.69, 9.17) is 14.4 Å². The van der Waals surface area contributed by atoms with Crippen LogP contribution in [-0.2, 0) is 4.74 Å². The second kappa shape index (κ2) is 4.11. The van der Waals surface area contributed by atoms with Crippen LogP contribution in [0.5, 0.6) is 0 Å². The molecule has 0 N–H and O–H groups in total. The molecular formula is C9H9N3O3. The van der Waals surface area contributed by atoms with Crippen LogP contribution in [-0.4, -0.2) is 37.6 Å². The Morgan fingerprint density at radius 2 is 2.20 bits per heavy atom. The maximum absolute atomic E-state index is 10.5. The first kappa shape index (κ1) is 9.68. The summed E-state index contributed by atoms with van der Waals surface area (Å²) in [5.74, 6) is 0.302. The van der Waals surface area contributed by atoms with Gasteiger partial charge in [0.25, 0.3) is 5.89 Å². The van der Waals surface area contributed by atoms with Crippen molar-refractivity contribution in [3.8, 4) is 6.07 Å². The first-order chi connectivity index (χ1) is 7.35. The average molecular weight is 207 g/mol. The highest BCUT2D eigenvalue weighted by molar-refractivity contribution is 5.69. The molecule has 0 unspecified atom stereocenters. The molecular weight excluding hydrogens is 198 g/mol. The van der Waals surface area contributed by atoms with Crippen molar-refractivity contribution in [2.75, 3.05) is 31.2 Å². The minimum atomic E-state index is -0.0620. The van der Waals surface area contributed by atoms with Crippen molar-refractivity contribution in [2.45, 2.75) is 0 Å². The number of anilines is 1. The van der Waals surface area contributed by atoms with Gasteiger partial charge in [-0.3, -0.25) is 4.79 Å². The number of ether oxygens (including phenoxy) is 1. The van der Waals surface area contributed by atoms with Crippen molar-refractivity contribution < 1.29 is 13.9 Å². The van der Waals surface area contributed by atoms with E-state index in [1.807, 2.05) is 11.0 Å². The lowest BCUT2D eigenvalue weighted by Gasteiger charge is -2.25. The van der Waals surface area contributed by atoms with Crippen molar-refractivity contribution >= 4 is 12.2 Å². The summed E-state index contributed by atoms with van der Waals surface area (Å²) in [7, 11) is 0. The van der Waals surface area contributed by atoms with E-state index in [0.29, 0.717) is 38.5 Å². The predicted molar refractivity (Wildman–Crippen MR) is 49.6 cm³/mol. The molecule has 2 heterocycles. The summed E-state index contributed by atoms with van der Waals surface area (Å²) >= 11 is 0. The van der Waals surface area contributed by atoms with Gasteiger partial charge in [-0.2, -0.15) is 10.2 Å². The number of rotatable bonds is 2. The van der Waals surface area contributed by atoms with E-state index in [-0.39, 0.29) is 11.6 Å². The van der Waals surface area contributed by atoms with Crippen molar-refractivity contribution in [3.63, 3.8) is 0 Å². The van der Waals surface area contributed by atoms with Crippen molar-refractivity contribution in [3.05, 3.63) is 11.6 Å². The van der Waals surface area contributed by atoms with E-state index in [1.165, 1.54) is 0 Å². The number of hydrogen-bond acceptors (Lipinski definition) is 6. The van der Waals surface area contributed by atoms with Gasteiger partial charge >= 0.3 is 0 Å². The Morgan fingerprint density at radius 1 is 1.47 bits per heavy atom. The summed E-state index contributed by atoms with van der Waals surface area (Å²) in [6.07, 6.45) is 0.491. The van der Waals surface area contributed by atoms with E-state index in [2.05, 4.69) is 4.98 Å². The van der Waals surface area contributed by atoms with Gasteiger partial charge in [0.05, 0.1) is 13.2 Å². The molecule has 1 aromatic rings. The Hall–Kier alpha value is -1.87. The lowest BCUT2D eigenvalue weighted by Crippen LogP contribution is -2.36. The first-order valence-corrected chi connectivity index (χ1v) is 4.54. The maximum atomic E-state index is 10.5. The lowest BCUT2D eigenvalue weighted by molar-refractivity contribution is 0.109. The summed E-state index contributed by atoms with van der Waals surface area (Å²) in [6.45, 7) is 2.45. The van der Waals surface area contributed by atoms with Gasteiger partial charge in [-0.1, -0.05) is 0 Å². The summed E-state index contributed by atoms with van der Waals surface area (Å²) in [5.41, 5.74) is 0.152. The second-order valence-corrected chi connectivity index (χ2v) is 3.03. The standard InChI is InChI=1S/C9H9N3O3/c10-5-7-9(15-8(6-13)11-7)12-1-3-14-4-2-12/h6H,1-4H2. The smallest absolute Gasteiger partial charge is 0.263 e. The molecule has 1 aliphatic heterocycles. The van der Waals surface area contributed by atoms with Gasteiger partial charge < -0.3 is 14.1 Å². The van der Waals surface area contributed by atoms with Crippen molar-refractivity contribution in [1.82, 2.24) is 4.98 Å². The van der Waals surface area contributed by atoms with Crippen LogP contribution in [0, 0.1) is 11.3 Å². The fourth-order valence-corrected chi connectivity index (χ4v) is 1.43. The molecule has 78 valence electrons. The predicted octanol–water partition coefficient (Wildman–Crippen LogP) is 0.195. The number of aromatic nitrogens is 1. The van der Waals surface area contributed by atoms with Crippen LogP contribution >= 0.6 is 0 Å². The quantitative estimate of drug-likeness (QED) is 0.644. The Balaban J connectivity index is 2.29. The summed E-state index contributed by atoms with van der Waals surface area (Å²) in [6, 6.07) is 1.90. The highest BCUT2D eigenvalue weighted by Gasteiger charge is 2.21. The van der Waals surface area contributed by atoms with Gasteiger partial charge in [0.1, 0.15) is 6.07 Å². The first-order valence-electron chi connectivity index (χ1n) is 4.54. The number of carbonyl (C=O) groups is 1. The SMILES string of the molecule is N#Cc1nc(C=O)oc1N1CCOCC1. The molecule has 0 spiro atoms. The largest absolute Gasteiger partial charge is 0.416 e. The van der Waals surface area contributed by atoms with Gasteiger partial charge in [-0.05, 0) is 0 Å². The Bertz CT molecular complexity index is 401. The third kappa shape index (κ3) is 1.82. The number of aldehydes is 1. The topological polar surface area (TPSA) is 79.4 Å². The van der Waals surface area contributed by atoms with E-state index >= 15 is 0 Å². The van der Waals surface area contributed by atoms with Crippen molar-refractivity contribution in [2.24, 2.45) is 0 Å². The highest BCUT2D eigenvalue weighted by Crippen LogP contribution is 2.21. The zero-order valence-corrected chi connectivity index (χ0v) is 7.97. The molecule has 6 nitrogen and oxygen atoms in total. The maximum Gasteiger partial charge on any atom is 0.263 e. The minimum absolute atomic E-state index is 0.0620. The Labute approximate surface area is 86.1 Å². The average Bonchev–Trinajstić information content (AvgIpc) is 2.73. The van der Waals surface area contributed by atoms with Crippen LogP contribution in [0.2, 0.25) is 0 Å². The monoisotopic (exact) mass is 207 g/mol. The molecule has 15 heavy (non-hydrogen) atoms. The van der Waals surface area contributed by atoms with Crippen LogP contribution in [0.4, 0.5) is 5.88 Å². The number of morpholine rings is 1. The van der Waals surface area contributed by atoms with Gasteiger partial charge in [0.15, 0.2) is 0 Å². The van der Waals surface area contributed by atoms with Crippen LogP contribution in [0.15, 0.2) is 4.42 Å². The summed E-state index contributed by atoms with van der Waals surface area (Å²) in [5, 5.41) is 8.81. The molecule has 1 aromatic heterocycles. The molecule has 2 rings (SSSR count). The molecule has 1 fully saturated rings. The molecule has 0 saturated carbocycles. The van der Waals surface area contributed by atoms with Crippen molar-refractivity contribution in [1.29, 1.82) is 5.26 Å². The third-order valence-electron chi connectivity index (χ3n) is 2.13.